The standard InChI is InChI=1S/C50H35N3O/c51-49(54-50(52)45-25-12-9-20-40(45)34-15-3-1-4-16-34)36-29-27-35(28-30-36)39-19-7-10-22-42(39)43-23-11-8-21-41(43)37-31-32-48-46(33-37)44-24-13-14-26-47(44)53(48)38-17-5-2-6-18-38/h1-33,51-52H. The minimum absolute atomic E-state index is 0.0618. The van der Waals surface area contributed by atoms with E-state index < -0.39 is 0 Å². The number of hydrogen-bond donors (Lipinski definition) is 2. The second-order valence-electron chi connectivity index (χ2n) is 13.3. The predicted molar refractivity (Wildman–Crippen MR) is 224 cm³/mol. The zero-order valence-electron chi connectivity index (χ0n) is 29.4. The van der Waals surface area contributed by atoms with Crippen molar-refractivity contribution < 1.29 is 4.74 Å². The number of benzene rings is 8. The van der Waals surface area contributed by atoms with Gasteiger partial charge in [0.05, 0.1) is 11.0 Å². The van der Waals surface area contributed by atoms with Crippen molar-refractivity contribution in [1.82, 2.24) is 4.57 Å². The molecule has 9 rings (SSSR count). The van der Waals surface area contributed by atoms with Crippen LogP contribution in [0.5, 0.6) is 0 Å². The number of rotatable bonds is 7. The second kappa shape index (κ2) is 14.0. The fraction of sp³-hybridized carbons (Fsp3) is 0. The summed E-state index contributed by atoms with van der Waals surface area (Å²) >= 11 is 0. The molecule has 4 heteroatoms. The Bertz CT molecular complexity index is 2820. The van der Waals surface area contributed by atoms with Crippen LogP contribution in [-0.2, 0) is 4.74 Å². The lowest BCUT2D eigenvalue weighted by Gasteiger charge is -2.16. The highest BCUT2D eigenvalue weighted by molar-refractivity contribution is 6.11. The van der Waals surface area contributed by atoms with Crippen molar-refractivity contribution in [3.63, 3.8) is 0 Å². The Kier molecular flexibility index (Phi) is 8.46. The van der Waals surface area contributed by atoms with Gasteiger partial charge in [-0.3, -0.25) is 10.8 Å². The Labute approximate surface area is 314 Å². The number of aromatic nitrogens is 1. The maximum Gasteiger partial charge on any atom is 0.221 e. The highest BCUT2D eigenvalue weighted by atomic mass is 16.5. The fourth-order valence-electron chi connectivity index (χ4n) is 7.50. The first-order valence-electron chi connectivity index (χ1n) is 18.0. The van der Waals surface area contributed by atoms with Crippen LogP contribution >= 0.6 is 0 Å². The quantitative estimate of drug-likeness (QED) is 0.127. The van der Waals surface area contributed by atoms with E-state index in [1.54, 1.807) is 0 Å². The lowest BCUT2D eigenvalue weighted by atomic mass is 9.89. The molecule has 9 aromatic rings. The van der Waals surface area contributed by atoms with Gasteiger partial charge < -0.3 is 9.30 Å². The summed E-state index contributed by atoms with van der Waals surface area (Å²) < 4.78 is 8.18. The smallest absolute Gasteiger partial charge is 0.221 e. The van der Waals surface area contributed by atoms with Crippen molar-refractivity contribution in [3.8, 4) is 50.2 Å². The maximum absolute atomic E-state index is 8.75. The Balaban J connectivity index is 1.03. The molecule has 54 heavy (non-hydrogen) atoms. The minimum atomic E-state index is -0.0722. The molecule has 0 spiro atoms. The van der Waals surface area contributed by atoms with Crippen LogP contribution in [0.1, 0.15) is 11.1 Å². The Morgan fingerprint density at radius 1 is 0.370 bits per heavy atom. The van der Waals surface area contributed by atoms with Crippen LogP contribution in [0.2, 0.25) is 0 Å². The third kappa shape index (κ3) is 5.96. The largest absolute Gasteiger partial charge is 0.421 e. The lowest BCUT2D eigenvalue weighted by molar-refractivity contribution is 0.538. The van der Waals surface area contributed by atoms with Gasteiger partial charge in [0.2, 0.25) is 11.8 Å². The normalized spacial score (nSPS) is 11.1. The second-order valence-corrected chi connectivity index (χ2v) is 13.3. The summed E-state index contributed by atoms with van der Waals surface area (Å²) in [5.74, 6) is -0.134. The van der Waals surface area contributed by atoms with Crippen molar-refractivity contribution in [2.24, 2.45) is 0 Å². The molecule has 0 unspecified atom stereocenters. The summed E-state index contributed by atoms with van der Waals surface area (Å²) in [7, 11) is 0. The zero-order chi connectivity index (χ0) is 36.4. The molecule has 1 heterocycles. The number of hydrogen-bond acceptors (Lipinski definition) is 3. The molecule has 2 N–H and O–H groups in total. The first-order valence-corrected chi connectivity index (χ1v) is 18.0. The van der Waals surface area contributed by atoms with Crippen LogP contribution in [0, 0.1) is 10.8 Å². The molecule has 0 radical (unpaired) electrons. The Morgan fingerprint density at radius 2 is 0.870 bits per heavy atom. The van der Waals surface area contributed by atoms with Crippen LogP contribution in [0.25, 0.3) is 72.0 Å². The summed E-state index contributed by atoms with van der Waals surface area (Å²) in [6.07, 6.45) is 0. The number of ether oxygens (including phenoxy) is 1. The zero-order valence-corrected chi connectivity index (χ0v) is 29.4. The van der Waals surface area contributed by atoms with E-state index in [1.807, 2.05) is 78.9 Å². The van der Waals surface area contributed by atoms with Gasteiger partial charge in [-0.1, -0.05) is 152 Å². The molecule has 0 aliphatic carbocycles. The van der Waals surface area contributed by atoms with Gasteiger partial charge in [-0.2, -0.15) is 0 Å². The fourth-order valence-corrected chi connectivity index (χ4v) is 7.50. The molecule has 0 saturated carbocycles. The minimum Gasteiger partial charge on any atom is -0.421 e. The topological polar surface area (TPSA) is 61.9 Å². The summed E-state index contributed by atoms with van der Waals surface area (Å²) in [6.45, 7) is 0. The van der Waals surface area contributed by atoms with Gasteiger partial charge in [0.25, 0.3) is 0 Å². The van der Waals surface area contributed by atoms with Gasteiger partial charge in [0.1, 0.15) is 0 Å². The number of nitrogens with zero attached hydrogens (tertiary/aromatic N) is 1. The molecule has 1 aromatic heterocycles. The molecule has 0 bridgehead atoms. The monoisotopic (exact) mass is 693 g/mol. The van der Waals surface area contributed by atoms with Gasteiger partial charge in [-0.05, 0) is 93.0 Å². The molecule has 8 aromatic carbocycles. The van der Waals surface area contributed by atoms with E-state index in [9.17, 15) is 0 Å². The lowest BCUT2D eigenvalue weighted by Crippen LogP contribution is -2.13. The van der Waals surface area contributed by atoms with Crippen molar-refractivity contribution in [1.29, 1.82) is 10.8 Å². The highest BCUT2D eigenvalue weighted by Crippen LogP contribution is 2.41. The third-order valence-corrected chi connectivity index (χ3v) is 10.1. The van der Waals surface area contributed by atoms with E-state index in [1.165, 1.54) is 21.8 Å². The predicted octanol–water partition coefficient (Wildman–Crippen LogP) is 12.8. The summed E-state index contributed by atoms with van der Waals surface area (Å²) in [5, 5.41) is 19.9. The summed E-state index contributed by atoms with van der Waals surface area (Å²) in [5.41, 5.74) is 13.3. The van der Waals surface area contributed by atoms with E-state index in [0.717, 1.165) is 50.2 Å². The third-order valence-electron chi connectivity index (χ3n) is 10.1. The Morgan fingerprint density at radius 3 is 1.57 bits per heavy atom. The van der Waals surface area contributed by atoms with Crippen molar-refractivity contribution >= 4 is 33.6 Å². The van der Waals surface area contributed by atoms with Gasteiger partial charge in [-0.25, -0.2) is 0 Å². The first kappa shape index (κ1) is 32.6. The van der Waals surface area contributed by atoms with Crippen molar-refractivity contribution in [3.05, 3.63) is 211 Å². The van der Waals surface area contributed by atoms with Crippen LogP contribution in [0.4, 0.5) is 0 Å². The number of fused-ring (bicyclic) bond motifs is 3. The van der Waals surface area contributed by atoms with Gasteiger partial charge in [0, 0.05) is 27.6 Å². The molecule has 0 aliphatic rings. The molecule has 0 amide bonds. The molecule has 0 atom stereocenters. The van der Waals surface area contributed by atoms with Crippen molar-refractivity contribution in [2.75, 3.05) is 0 Å². The SMILES string of the molecule is N=C(OC(=N)c1ccccc1-c1ccccc1)c1ccc(-c2ccccc2-c2ccccc2-c2ccc3c(c2)c2ccccc2n3-c2ccccc2)cc1. The van der Waals surface area contributed by atoms with E-state index in [-0.39, 0.29) is 11.8 Å². The Hall–Kier alpha value is -7.30. The first-order chi connectivity index (χ1) is 26.6. The van der Waals surface area contributed by atoms with Crippen LogP contribution < -0.4 is 0 Å². The number of nitrogens with one attached hydrogen (secondary N) is 2. The summed E-state index contributed by atoms with van der Waals surface area (Å²) in [6, 6.07) is 68.5. The summed E-state index contributed by atoms with van der Waals surface area (Å²) in [4.78, 5) is 0. The van der Waals surface area contributed by atoms with Crippen LogP contribution in [-0.4, -0.2) is 16.4 Å². The van der Waals surface area contributed by atoms with Crippen LogP contribution in [0.3, 0.4) is 0 Å². The van der Waals surface area contributed by atoms with Crippen LogP contribution in [0.15, 0.2) is 200 Å². The molecular weight excluding hydrogens is 659 g/mol. The average Bonchev–Trinajstić information content (AvgIpc) is 3.58. The molecule has 4 nitrogen and oxygen atoms in total. The number of para-hydroxylation sites is 2. The average molecular weight is 694 g/mol. The molecule has 256 valence electrons. The maximum atomic E-state index is 8.75. The molecule has 0 fully saturated rings. The molecule has 0 saturated heterocycles. The molecule has 0 aliphatic heterocycles. The van der Waals surface area contributed by atoms with E-state index >= 15 is 0 Å². The molecular formula is C50H35N3O. The van der Waals surface area contributed by atoms with Gasteiger partial charge in [0.15, 0.2) is 0 Å². The van der Waals surface area contributed by atoms with Gasteiger partial charge in [-0.15, -0.1) is 0 Å². The highest BCUT2D eigenvalue weighted by Gasteiger charge is 2.17. The van der Waals surface area contributed by atoms with Gasteiger partial charge >= 0.3 is 0 Å². The van der Waals surface area contributed by atoms with E-state index in [0.29, 0.717) is 11.1 Å². The van der Waals surface area contributed by atoms with E-state index in [4.69, 9.17) is 15.6 Å². The van der Waals surface area contributed by atoms with Crippen molar-refractivity contribution in [2.45, 2.75) is 0 Å². The van der Waals surface area contributed by atoms with E-state index in [2.05, 4.69) is 126 Å².